The van der Waals surface area contributed by atoms with E-state index in [1.165, 1.54) is 6.07 Å². The maximum absolute atomic E-state index is 12.9. The van der Waals surface area contributed by atoms with Gasteiger partial charge in [0.05, 0.1) is 11.5 Å². The summed E-state index contributed by atoms with van der Waals surface area (Å²) >= 11 is 0. The number of rotatable bonds is 7. The lowest BCUT2D eigenvalue weighted by Gasteiger charge is -2.38. The number of alkyl halides is 3. The largest absolute Gasteiger partial charge is 0.416 e. The Morgan fingerprint density at radius 1 is 1.13 bits per heavy atom. The van der Waals surface area contributed by atoms with Gasteiger partial charge in [-0.05, 0) is 11.6 Å². The highest BCUT2D eigenvalue weighted by molar-refractivity contribution is 6.26. The topological polar surface area (TPSA) is 18.5 Å². The first-order valence-corrected chi connectivity index (χ1v) is 11.5. The minimum atomic E-state index is -4.39. The first kappa shape index (κ1) is 20.0. The van der Waals surface area contributed by atoms with Crippen molar-refractivity contribution in [1.29, 1.82) is 0 Å². The van der Waals surface area contributed by atoms with Gasteiger partial charge >= 0.3 is 6.18 Å². The van der Waals surface area contributed by atoms with Crippen LogP contribution < -0.4 is 0 Å². The first-order valence-electron chi connectivity index (χ1n) is 7.54. The monoisotopic (exact) mass is 360 g/mol. The highest BCUT2D eigenvalue weighted by Crippen LogP contribution is 2.41. The Kier molecular flexibility index (Phi) is 7.08. The van der Waals surface area contributed by atoms with E-state index >= 15 is 0 Å². The average molecular weight is 361 g/mol. The third-order valence-corrected chi connectivity index (χ3v) is 4.97. The quantitative estimate of drug-likeness (QED) is 0.423. The molecule has 0 fully saturated rings. The second-order valence-corrected chi connectivity index (χ2v) is 7.61. The minimum absolute atomic E-state index is 0.458. The Labute approximate surface area is 140 Å². The van der Waals surface area contributed by atoms with E-state index in [4.69, 9.17) is 15.3 Å². The van der Waals surface area contributed by atoms with Crippen molar-refractivity contribution in [3.63, 3.8) is 0 Å². The van der Waals surface area contributed by atoms with Gasteiger partial charge in [0.25, 0.3) is 0 Å². The molecule has 0 saturated carbocycles. The van der Waals surface area contributed by atoms with Crippen molar-refractivity contribution in [2.45, 2.75) is 45.3 Å². The summed E-state index contributed by atoms with van der Waals surface area (Å²) in [5, 5.41) is 0. The molecule has 0 radical (unpaired) electrons. The molecule has 0 heterocycles. The number of hydrogen-bond donors (Lipinski definition) is 0. The summed E-state index contributed by atoms with van der Waals surface area (Å²) in [6.45, 7) is 7.74. The zero-order chi connectivity index (χ0) is 17.7. The van der Waals surface area contributed by atoms with E-state index in [1.807, 2.05) is 26.9 Å². The summed E-state index contributed by atoms with van der Waals surface area (Å²) < 4.78 is 50.4. The van der Waals surface area contributed by atoms with Crippen LogP contribution in [0.15, 0.2) is 24.3 Å². The molecule has 2 nitrogen and oxygen atoms in total. The smallest absolute Gasteiger partial charge is 0.400 e. The van der Waals surface area contributed by atoms with Crippen LogP contribution in [-0.4, -0.2) is 25.8 Å². The van der Waals surface area contributed by atoms with Gasteiger partial charge in [-0.3, -0.25) is 0 Å². The molecule has 1 atom stereocenters. The van der Waals surface area contributed by atoms with Gasteiger partial charge in [0.1, 0.15) is 6.29 Å². The third kappa shape index (κ3) is 4.95. The van der Waals surface area contributed by atoms with Gasteiger partial charge in [0, 0.05) is 5.41 Å². The van der Waals surface area contributed by atoms with Gasteiger partial charge in [-0.1, -0.05) is 51.1 Å². The molecular weight excluding hydrogens is 337 g/mol. The Bertz CT molecular complexity index is 547. The van der Waals surface area contributed by atoms with E-state index in [9.17, 15) is 13.2 Å². The van der Waals surface area contributed by atoms with Crippen molar-refractivity contribution in [2.75, 3.05) is 0 Å². The number of terminal acetylenes is 1. The highest BCUT2D eigenvalue weighted by Gasteiger charge is 2.39. The Hall–Kier alpha value is -1.08. The molecule has 23 heavy (non-hydrogen) atoms. The lowest BCUT2D eigenvalue weighted by atomic mass is 9.74. The van der Waals surface area contributed by atoms with Gasteiger partial charge in [0.15, 0.2) is 19.5 Å². The molecule has 0 spiro atoms. The average Bonchev–Trinajstić information content (AvgIpc) is 2.47. The van der Waals surface area contributed by atoms with Crippen LogP contribution in [0.25, 0.3) is 0 Å². The molecule has 0 aliphatic carbocycles. The van der Waals surface area contributed by atoms with Gasteiger partial charge < -0.3 is 8.85 Å². The van der Waals surface area contributed by atoms with Crippen LogP contribution in [0.1, 0.15) is 30.9 Å². The number of halogens is 3. The van der Waals surface area contributed by atoms with Crippen LogP contribution in [0.3, 0.4) is 0 Å². The molecule has 1 aromatic carbocycles. The Morgan fingerprint density at radius 2 is 1.70 bits per heavy atom. The standard InChI is InChI=1S/C16H23F3O2Si2/c1-6-13(15(2,3)14(20-22-4)21-23-5)11-8-7-9-12(10-11)16(17,18)19/h1,7-10,13-14H,22-23H2,2-5H3. The summed E-state index contributed by atoms with van der Waals surface area (Å²) in [5.41, 5.74) is -0.857. The fraction of sp³-hybridized carbons (Fsp3) is 0.500. The van der Waals surface area contributed by atoms with E-state index in [1.54, 1.807) is 6.07 Å². The molecule has 1 aromatic rings. The summed E-state index contributed by atoms with van der Waals surface area (Å²) in [7, 11) is -1.47. The highest BCUT2D eigenvalue weighted by atomic mass is 28.2. The summed E-state index contributed by atoms with van der Waals surface area (Å²) in [5.74, 6) is 2.11. The predicted molar refractivity (Wildman–Crippen MR) is 91.6 cm³/mol. The molecule has 0 aromatic heterocycles. The van der Waals surface area contributed by atoms with Crippen LogP contribution in [0.4, 0.5) is 13.2 Å². The van der Waals surface area contributed by atoms with Crippen LogP contribution in [0, 0.1) is 17.8 Å². The normalized spacial score (nSPS) is 16.1. The maximum Gasteiger partial charge on any atom is 0.416 e. The molecule has 7 heteroatoms. The summed E-state index contributed by atoms with van der Waals surface area (Å²) in [4.78, 5) is 0. The second-order valence-electron chi connectivity index (χ2n) is 5.79. The molecule has 0 amide bonds. The summed E-state index contributed by atoms with van der Waals surface area (Å²) in [6.07, 6.45) is 0.790. The van der Waals surface area contributed by atoms with Crippen molar-refractivity contribution in [3.8, 4) is 12.3 Å². The lowest BCUT2D eigenvalue weighted by Crippen LogP contribution is -2.40. The van der Waals surface area contributed by atoms with Gasteiger partial charge in [-0.15, -0.1) is 6.42 Å². The van der Waals surface area contributed by atoms with Crippen molar-refractivity contribution >= 4 is 19.5 Å². The van der Waals surface area contributed by atoms with Gasteiger partial charge in [-0.2, -0.15) is 13.2 Å². The minimum Gasteiger partial charge on any atom is -0.400 e. The first-order chi connectivity index (χ1) is 10.7. The zero-order valence-corrected chi connectivity index (χ0v) is 16.7. The molecule has 0 bridgehead atoms. The van der Waals surface area contributed by atoms with Crippen LogP contribution >= 0.6 is 0 Å². The van der Waals surface area contributed by atoms with Crippen molar-refractivity contribution < 1.29 is 22.0 Å². The van der Waals surface area contributed by atoms with Crippen molar-refractivity contribution in [2.24, 2.45) is 5.41 Å². The molecule has 0 saturated heterocycles. The van der Waals surface area contributed by atoms with Crippen molar-refractivity contribution in [3.05, 3.63) is 35.4 Å². The number of benzene rings is 1. The number of hydrogen-bond acceptors (Lipinski definition) is 2. The molecule has 1 rings (SSSR count). The molecular formula is C16H23F3O2Si2. The van der Waals surface area contributed by atoms with E-state index < -0.39 is 48.9 Å². The van der Waals surface area contributed by atoms with E-state index in [0.717, 1.165) is 12.1 Å². The molecule has 128 valence electrons. The fourth-order valence-corrected chi connectivity index (χ4v) is 4.40. The fourth-order valence-electron chi connectivity index (χ4n) is 2.55. The predicted octanol–water partition coefficient (Wildman–Crippen LogP) is 3.07. The van der Waals surface area contributed by atoms with Crippen LogP contribution in [-0.2, 0) is 15.0 Å². The van der Waals surface area contributed by atoms with Crippen molar-refractivity contribution in [1.82, 2.24) is 0 Å². The molecule has 1 unspecified atom stereocenters. The zero-order valence-electron chi connectivity index (χ0n) is 13.9. The Balaban J connectivity index is 3.23. The van der Waals surface area contributed by atoms with Crippen LogP contribution in [0.5, 0.6) is 0 Å². The molecule has 0 aliphatic heterocycles. The molecule has 0 N–H and O–H groups in total. The van der Waals surface area contributed by atoms with E-state index in [-0.39, 0.29) is 0 Å². The SMILES string of the molecule is C#CC(c1cccc(C(F)(F)F)c1)C(C)(C)C(O[SiH2]C)O[SiH2]C. The maximum atomic E-state index is 12.9. The lowest BCUT2D eigenvalue weighted by molar-refractivity contribution is -0.137. The van der Waals surface area contributed by atoms with Gasteiger partial charge in [0.2, 0.25) is 0 Å². The second kappa shape index (κ2) is 8.15. The van der Waals surface area contributed by atoms with E-state index in [0.29, 0.717) is 5.56 Å². The third-order valence-electron chi connectivity index (χ3n) is 3.70. The van der Waals surface area contributed by atoms with E-state index in [2.05, 4.69) is 5.92 Å². The Morgan fingerprint density at radius 3 is 2.13 bits per heavy atom. The molecule has 0 aliphatic rings. The van der Waals surface area contributed by atoms with Crippen LogP contribution in [0.2, 0.25) is 13.1 Å². The van der Waals surface area contributed by atoms with Gasteiger partial charge in [-0.25, -0.2) is 0 Å². The summed E-state index contributed by atoms with van der Waals surface area (Å²) in [6, 6.07) is 5.19.